The summed E-state index contributed by atoms with van der Waals surface area (Å²) >= 11 is 0. The van der Waals surface area contributed by atoms with Crippen LogP contribution >= 0.6 is 0 Å². The predicted molar refractivity (Wildman–Crippen MR) is 94.6 cm³/mol. The molecule has 0 bridgehead atoms. The molecule has 3 aromatic carbocycles. The summed E-state index contributed by atoms with van der Waals surface area (Å²) in [5, 5.41) is 2.19. The largest absolute Gasteiger partial charge is 0.216 e. The summed E-state index contributed by atoms with van der Waals surface area (Å²) in [6.07, 6.45) is 0. The molecule has 3 nitrogen and oxygen atoms in total. The lowest BCUT2D eigenvalue weighted by molar-refractivity contribution is 0.580. The van der Waals surface area contributed by atoms with Gasteiger partial charge in [-0.3, -0.25) is 0 Å². The minimum atomic E-state index is -3.36. The number of fused-ring (bicyclic) bond motifs is 1. The average Bonchev–Trinajstić information content (AvgIpc) is 2.55. The predicted octanol–water partition coefficient (Wildman–Crippen LogP) is 3.77. The van der Waals surface area contributed by atoms with Gasteiger partial charge in [0.05, 0.1) is 5.75 Å². The third kappa shape index (κ3) is 3.97. The molecule has 0 amide bonds. The molecule has 0 saturated carbocycles. The van der Waals surface area contributed by atoms with Gasteiger partial charge in [-0.1, -0.05) is 72.3 Å². The lowest BCUT2D eigenvalue weighted by atomic mass is 10.1. The number of benzene rings is 3. The minimum absolute atomic E-state index is 0.00194. The average molecular weight is 325 g/mol. The third-order valence-corrected chi connectivity index (χ3v) is 5.14. The fourth-order valence-electron chi connectivity index (χ4n) is 2.59. The summed E-state index contributed by atoms with van der Waals surface area (Å²) in [5.74, 6) is -0.00194. The van der Waals surface area contributed by atoms with Gasteiger partial charge in [-0.15, -0.1) is 0 Å². The van der Waals surface area contributed by atoms with Gasteiger partial charge < -0.3 is 0 Å². The van der Waals surface area contributed by atoms with Gasteiger partial charge >= 0.3 is 0 Å². The van der Waals surface area contributed by atoms with Gasteiger partial charge in [-0.25, -0.2) is 13.1 Å². The maximum atomic E-state index is 12.3. The molecule has 1 N–H and O–H groups in total. The topological polar surface area (TPSA) is 46.2 Å². The van der Waals surface area contributed by atoms with Crippen LogP contribution in [-0.2, 0) is 22.3 Å². The van der Waals surface area contributed by atoms with Gasteiger partial charge in [-0.2, -0.15) is 0 Å². The molecule has 0 spiro atoms. The van der Waals surface area contributed by atoms with Crippen molar-refractivity contribution >= 4 is 20.8 Å². The highest BCUT2D eigenvalue weighted by atomic mass is 32.2. The zero-order valence-electron chi connectivity index (χ0n) is 13.0. The van der Waals surface area contributed by atoms with Crippen molar-refractivity contribution in [1.29, 1.82) is 0 Å². The molecule has 0 fully saturated rings. The fraction of sp³-hybridized carbons (Fsp3) is 0.158. The summed E-state index contributed by atoms with van der Waals surface area (Å²) in [4.78, 5) is 0. The summed E-state index contributed by atoms with van der Waals surface area (Å²) in [7, 11) is -3.36. The Labute approximate surface area is 137 Å². The van der Waals surface area contributed by atoms with Crippen molar-refractivity contribution in [3.05, 3.63) is 83.4 Å². The van der Waals surface area contributed by atoms with Crippen LogP contribution in [0.3, 0.4) is 0 Å². The van der Waals surface area contributed by atoms with Gasteiger partial charge in [0.25, 0.3) is 0 Å². The van der Waals surface area contributed by atoms with Gasteiger partial charge in [0.15, 0.2) is 0 Å². The highest BCUT2D eigenvalue weighted by Crippen LogP contribution is 2.18. The van der Waals surface area contributed by atoms with E-state index in [1.54, 1.807) is 0 Å². The van der Waals surface area contributed by atoms with Crippen molar-refractivity contribution in [2.24, 2.45) is 0 Å². The number of nitrogens with one attached hydrogen (secondary N) is 1. The Bertz CT molecular complexity index is 910. The van der Waals surface area contributed by atoms with E-state index in [4.69, 9.17) is 0 Å². The van der Waals surface area contributed by atoms with E-state index in [0.717, 1.165) is 27.5 Å². The normalized spacial score (nSPS) is 11.7. The Kier molecular flexibility index (Phi) is 4.46. The SMILES string of the molecule is Cc1ccc(CS(=O)(=O)NCc2cccc3ccccc23)cc1. The Morgan fingerprint density at radius 2 is 1.57 bits per heavy atom. The van der Waals surface area contributed by atoms with Crippen LogP contribution in [0.4, 0.5) is 0 Å². The summed E-state index contributed by atoms with van der Waals surface area (Å²) < 4.78 is 27.3. The van der Waals surface area contributed by atoms with E-state index in [0.29, 0.717) is 6.54 Å². The molecule has 23 heavy (non-hydrogen) atoms. The first-order valence-electron chi connectivity index (χ1n) is 7.53. The number of hydrogen-bond donors (Lipinski definition) is 1. The van der Waals surface area contributed by atoms with E-state index >= 15 is 0 Å². The van der Waals surface area contributed by atoms with Gasteiger partial charge in [0.1, 0.15) is 0 Å². The Morgan fingerprint density at radius 3 is 2.35 bits per heavy atom. The van der Waals surface area contributed by atoms with E-state index in [9.17, 15) is 8.42 Å². The molecule has 3 aromatic rings. The second kappa shape index (κ2) is 6.52. The summed E-state index contributed by atoms with van der Waals surface area (Å²) in [5.41, 5.74) is 2.89. The summed E-state index contributed by atoms with van der Waals surface area (Å²) in [6, 6.07) is 21.5. The van der Waals surface area contributed by atoms with Gasteiger partial charge in [-0.05, 0) is 28.8 Å². The van der Waals surface area contributed by atoms with E-state index in [1.807, 2.05) is 73.7 Å². The maximum absolute atomic E-state index is 12.3. The molecular weight excluding hydrogens is 306 g/mol. The highest BCUT2D eigenvalue weighted by Gasteiger charge is 2.12. The molecule has 118 valence electrons. The molecule has 0 aromatic heterocycles. The number of hydrogen-bond acceptors (Lipinski definition) is 2. The molecule has 0 aliphatic heterocycles. The number of aryl methyl sites for hydroxylation is 1. The van der Waals surface area contributed by atoms with Crippen LogP contribution in [0.2, 0.25) is 0 Å². The molecule has 0 saturated heterocycles. The Balaban J connectivity index is 1.74. The second-order valence-electron chi connectivity index (χ2n) is 5.70. The number of rotatable bonds is 5. The van der Waals surface area contributed by atoms with Crippen molar-refractivity contribution in [3.63, 3.8) is 0 Å². The lowest BCUT2D eigenvalue weighted by Crippen LogP contribution is -2.24. The quantitative estimate of drug-likeness (QED) is 0.776. The first-order valence-corrected chi connectivity index (χ1v) is 9.18. The van der Waals surface area contributed by atoms with Crippen molar-refractivity contribution in [2.45, 2.75) is 19.2 Å². The molecule has 0 aliphatic rings. The monoisotopic (exact) mass is 325 g/mol. The Hall–Kier alpha value is -2.17. The van der Waals surface area contributed by atoms with Crippen molar-refractivity contribution in [2.75, 3.05) is 0 Å². The van der Waals surface area contributed by atoms with Crippen LogP contribution in [0.5, 0.6) is 0 Å². The molecule has 0 aliphatic carbocycles. The molecule has 4 heteroatoms. The first-order chi connectivity index (χ1) is 11.0. The molecular formula is C19H19NO2S. The van der Waals surface area contributed by atoms with E-state index in [2.05, 4.69) is 4.72 Å². The standard InChI is InChI=1S/C19H19NO2S/c1-15-9-11-16(12-10-15)14-23(21,22)20-13-18-7-4-6-17-5-2-3-8-19(17)18/h2-12,20H,13-14H2,1H3. The zero-order valence-corrected chi connectivity index (χ0v) is 13.8. The van der Waals surface area contributed by atoms with E-state index in [1.165, 1.54) is 0 Å². The Morgan fingerprint density at radius 1 is 0.870 bits per heavy atom. The second-order valence-corrected chi connectivity index (χ2v) is 7.51. The van der Waals surface area contributed by atoms with Crippen LogP contribution in [0.1, 0.15) is 16.7 Å². The van der Waals surface area contributed by atoms with Crippen LogP contribution in [0.15, 0.2) is 66.7 Å². The molecule has 0 unspecified atom stereocenters. The van der Waals surface area contributed by atoms with Gasteiger partial charge in [0.2, 0.25) is 10.0 Å². The molecule has 0 radical (unpaired) electrons. The fourth-order valence-corrected chi connectivity index (χ4v) is 3.70. The van der Waals surface area contributed by atoms with E-state index < -0.39 is 10.0 Å². The van der Waals surface area contributed by atoms with Crippen molar-refractivity contribution < 1.29 is 8.42 Å². The third-order valence-electron chi connectivity index (χ3n) is 3.84. The first kappa shape index (κ1) is 15.7. The zero-order chi connectivity index (χ0) is 16.3. The highest BCUT2D eigenvalue weighted by molar-refractivity contribution is 7.88. The molecule has 0 atom stereocenters. The minimum Gasteiger partial charge on any atom is -0.212 e. The maximum Gasteiger partial charge on any atom is 0.216 e. The van der Waals surface area contributed by atoms with Crippen LogP contribution in [-0.4, -0.2) is 8.42 Å². The molecule has 3 rings (SSSR count). The van der Waals surface area contributed by atoms with Crippen LogP contribution in [0, 0.1) is 6.92 Å². The lowest BCUT2D eigenvalue weighted by Gasteiger charge is -2.09. The molecule has 0 heterocycles. The van der Waals surface area contributed by atoms with Crippen LogP contribution in [0.25, 0.3) is 10.8 Å². The van der Waals surface area contributed by atoms with Crippen molar-refractivity contribution in [1.82, 2.24) is 4.72 Å². The van der Waals surface area contributed by atoms with Gasteiger partial charge in [0, 0.05) is 6.54 Å². The smallest absolute Gasteiger partial charge is 0.212 e. The summed E-state index contributed by atoms with van der Waals surface area (Å²) in [6.45, 7) is 2.28. The van der Waals surface area contributed by atoms with E-state index in [-0.39, 0.29) is 5.75 Å². The number of sulfonamides is 1. The van der Waals surface area contributed by atoms with Crippen molar-refractivity contribution in [3.8, 4) is 0 Å². The van der Waals surface area contributed by atoms with Crippen LogP contribution < -0.4 is 4.72 Å².